The first-order valence-electron chi connectivity index (χ1n) is 10.8. The van der Waals surface area contributed by atoms with Crippen LogP contribution in [-0.4, -0.2) is 54.3 Å². The largest absolute Gasteiger partial charge is 0.439 e. The van der Waals surface area contributed by atoms with Gasteiger partial charge >= 0.3 is 12.2 Å². The summed E-state index contributed by atoms with van der Waals surface area (Å²) in [4.78, 5) is 17.2. The number of urea groups is 1. The number of ether oxygens (including phenoxy) is 1. The third kappa shape index (κ3) is 4.67. The van der Waals surface area contributed by atoms with E-state index in [-0.39, 0.29) is 60.8 Å². The van der Waals surface area contributed by atoms with Crippen molar-refractivity contribution in [1.82, 2.24) is 15.2 Å². The summed E-state index contributed by atoms with van der Waals surface area (Å²) in [6, 6.07) is -2.40. The van der Waals surface area contributed by atoms with Crippen LogP contribution >= 0.6 is 0 Å². The van der Waals surface area contributed by atoms with E-state index in [1.54, 1.807) is 0 Å². The SMILES string of the molecule is COC[C@@H](c1ccc2oc([C@H](N)C3CCC(F)(F)CC3)nc2c1F)N1C[C@@H](C(F)(F)F)NC1=O. The van der Waals surface area contributed by atoms with E-state index in [0.29, 0.717) is 0 Å². The highest BCUT2D eigenvalue weighted by molar-refractivity contribution is 5.79. The number of aromatic nitrogens is 1. The molecule has 3 atom stereocenters. The van der Waals surface area contributed by atoms with Gasteiger partial charge in [0, 0.05) is 25.5 Å². The van der Waals surface area contributed by atoms with Crippen LogP contribution < -0.4 is 11.1 Å². The van der Waals surface area contributed by atoms with Crippen molar-refractivity contribution in [2.45, 2.75) is 55.9 Å². The number of carbonyl (C=O) groups excluding carboxylic acids is 1. The number of rotatable bonds is 6. The molecule has 0 radical (unpaired) electrons. The maximum Gasteiger partial charge on any atom is 0.410 e. The number of carbonyl (C=O) groups is 1. The van der Waals surface area contributed by atoms with Crippen molar-refractivity contribution in [1.29, 1.82) is 0 Å². The summed E-state index contributed by atoms with van der Waals surface area (Å²) in [6.07, 6.45) is -4.94. The molecule has 2 amide bonds. The van der Waals surface area contributed by atoms with Crippen LogP contribution in [-0.2, 0) is 4.74 Å². The number of hydrogen-bond donors (Lipinski definition) is 2. The molecule has 1 saturated carbocycles. The van der Waals surface area contributed by atoms with Gasteiger partial charge in [-0.05, 0) is 24.8 Å². The summed E-state index contributed by atoms with van der Waals surface area (Å²) in [5.41, 5.74) is 5.91. The quantitative estimate of drug-likeness (QED) is 0.580. The molecule has 2 fully saturated rings. The van der Waals surface area contributed by atoms with Crippen molar-refractivity contribution in [2.75, 3.05) is 20.3 Å². The van der Waals surface area contributed by atoms with Gasteiger partial charge in [-0.15, -0.1) is 0 Å². The zero-order valence-electron chi connectivity index (χ0n) is 18.2. The standard InChI is InChI=1S/C21H24F6N4O3/c1-33-9-12(31-8-14(21(25,26)27)29-19(31)32)11-2-3-13-17(15(11)22)30-18(34-13)16(28)10-4-6-20(23,24)7-5-10/h2-3,10,12,14,16H,4-9,28H2,1H3,(H,29,32)/t12-,14-,16+/m0/s1. The molecular formula is C21H24F6N4O3. The van der Waals surface area contributed by atoms with Gasteiger partial charge in [0.2, 0.25) is 11.8 Å². The number of benzene rings is 1. The number of oxazole rings is 1. The molecule has 1 aliphatic heterocycles. The first-order valence-corrected chi connectivity index (χ1v) is 10.8. The topological polar surface area (TPSA) is 93.6 Å². The minimum Gasteiger partial charge on any atom is -0.439 e. The number of amides is 2. The lowest BCUT2D eigenvalue weighted by Gasteiger charge is -2.30. The van der Waals surface area contributed by atoms with Gasteiger partial charge in [0.05, 0.1) is 25.2 Å². The molecule has 0 bridgehead atoms. The fourth-order valence-corrected chi connectivity index (χ4v) is 4.53. The van der Waals surface area contributed by atoms with E-state index in [0.717, 1.165) is 4.90 Å². The number of alkyl halides is 5. The molecule has 2 aliphatic rings. The Morgan fingerprint density at radius 3 is 2.59 bits per heavy atom. The average Bonchev–Trinajstić information content (AvgIpc) is 3.36. The number of nitrogens with one attached hydrogen (secondary N) is 1. The normalized spacial score (nSPS) is 23.4. The Balaban J connectivity index is 1.61. The Labute approximate surface area is 190 Å². The predicted octanol–water partition coefficient (Wildman–Crippen LogP) is 4.44. The molecule has 4 rings (SSSR count). The zero-order valence-corrected chi connectivity index (χ0v) is 18.2. The molecule has 1 saturated heterocycles. The minimum atomic E-state index is -4.66. The third-order valence-corrected chi connectivity index (χ3v) is 6.49. The first-order chi connectivity index (χ1) is 15.9. The van der Waals surface area contributed by atoms with E-state index < -0.39 is 48.6 Å². The lowest BCUT2D eigenvalue weighted by molar-refractivity contribution is -0.150. The van der Waals surface area contributed by atoms with Crippen molar-refractivity contribution in [2.24, 2.45) is 11.7 Å². The van der Waals surface area contributed by atoms with Crippen molar-refractivity contribution < 1.29 is 40.3 Å². The highest BCUT2D eigenvalue weighted by Crippen LogP contribution is 2.41. The molecule has 7 nitrogen and oxygen atoms in total. The second-order valence-corrected chi connectivity index (χ2v) is 8.75. The van der Waals surface area contributed by atoms with Gasteiger partial charge in [0.1, 0.15) is 11.6 Å². The molecule has 188 valence electrons. The van der Waals surface area contributed by atoms with Crippen LogP contribution in [0.5, 0.6) is 0 Å². The fraction of sp³-hybridized carbons (Fsp3) is 0.619. The lowest BCUT2D eigenvalue weighted by Crippen LogP contribution is -2.40. The van der Waals surface area contributed by atoms with Crippen LogP contribution in [0.25, 0.3) is 11.1 Å². The Bertz CT molecular complexity index is 1050. The van der Waals surface area contributed by atoms with Crippen LogP contribution in [0.2, 0.25) is 0 Å². The summed E-state index contributed by atoms with van der Waals surface area (Å²) >= 11 is 0. The van der Waals surface area contributed by atoms with E-state index in [1.165, 1.54) is 19.2 Å². The van der Waals surface area contributed by atoms with Crippen molar-refractivity contribution in [3.63, 3.8) is 0 Å². The first kappa shape index (κ1) is 24.6. The van der Waals surface area contributed by atoms with Crippen LogP contribution in [0.1, 0.15) is 49.2 Å². The third-order valence-electron chi connectivity index (χ3n) is 6.49. The summed E-state index contributed by atoms with van der Waals surface area (Å²) in [7, 11) is 1.28. The van der Waals surface area contributed by atoms with Crippen molar-refractivity contribution in [3.05, 3.63) is 29.4 Å². The minimum absolute atomic E-state index is 0.0133. The molecule has 0 unspecified atom stereocenters. The highest BCUT2D eigenvalue weighted by Gasteiger charge is 2.49. The summed E-state index contributed by atoms with van der Waals surface area (Å²) in [6.45, 7) is -0.976. The second-order valence-electron chi connectivity index (χ2n) is 8.75. The molecule has 13 heteroatoms. The molecule has 1 aliphatic carbocycles. The second kappa shape index (κ2) is 8.91. The van der Waals surface area contributed by atoms with E-state index in [2.05, 4.69) is 4.98 Å². The molecule has 34 heavy (non-hydrogen) atoms. The zero-order chi connectivity index (χ0) is 24.8. The molecule has 1 aromatic heterocycles. The molecular weight excluding hydrogens is 470 g/mol. The Hall–Kier alpha value is -2.54. The summed E-state index contributed by atoms with van der Waals surface area (Å²) < 4.78 is 92.3. The number of nitrogens with two attached hydrogens (primary N) is 1. The number of methoxy groups -OCH3 is 1. The monoisotopic (exact) mass is 494 g/mol. The average molecular weight is 494 g/mol. The van der Waals surface area contributed by atoms with Crippen LogP contribution in [0.4, 0.5) is 31.1 Å². The highest BCUT2D eigenvalue weighted by atomic mass is 19.4. The maximum atomic E-state index is 15.5. The summed E-state index contributed by atoms with van der Waals surface area (Å²) in [5, 5.41) is 1.85. The smallest absolute Gasteiger partial charge is 0.410 e. The Morgan fingerprint density at radius 2 is 2.00 bits per heavy atom. The van der Waals surface area contributed by atoms with E-state index >= 15 is 4.39 Å². The van der Waals surface area contributed by atoms with E-state index in [9.17, 15) is 26.7 Å². The van der Waals surface area contributed by atoms with Crippen molar-refractivity contribution in [3.8, 4) is 0 Å². The van der Waals surface area contributed by atoms with Crippen LogP contribution in [0.3, 0.4) is 0 Å². The van der Waals surface area contributed by atoms with Gasteiger partial charge in [-0.3, -0.25) is 0 Å². The van der Waals surface area contributed by atoms with Gasteiger partial charge in [0.15, 0.2) is 11.4 Å². The number of halogens is 6. The van der Waals surface area contributed by atoms with Crippen LogP contribution in [0, 0.1) is 11.7 Å². The molecule has 0 spiro atoms. The molecule has 2 aromatic rings. The van der Waals surface area contributed by atoms with Gasteiger partial charge in [-0.25, -0.2) is 22.9 Å². The van der Waals surface area contributed by atoms with Gasteiger partial charge in [0.25, 0.3) is 0 Å². The fourth-order valence-electron chi connectivity index (χ4n) is 4.53. The lowest BCUT2D eigenvalue weighted by atomic mass is 9.82. The number of hydrogen-bond acceptors (Lipinski definition) is 5. The van der Waals surface area contributed by atoms with Gasteiger partial charge in [-0.1, -0.05) is 6.07 Å². The van der Waals surface area contributed by atoms with Crippen molar-refractivity contribution >= 4 is 17.1 Å². The Morgan fingerprint density at radius 1 is 1.32 bits per heavy atom. The van der Waals surface area contributed by atoms with Crippen LogP contribution in [0.15, 0.2) is 16.5 Å². The molecule has 1 aromatic carbocycles. The number of fused-ring (bicyclic) bond motifs is 1. The molecule has 3 N–H and O–H groups in total. The van der Waals surface area contributed by atoms with E-state index in [4.69, 9.17) is 14.9 Å². The van der Waals surface area contributed by atoms with E-state index in [1.807, 2.05) is 5.32 Å². The van der Waals surface area contributed by atoms with Gasteiger partial charge in [-0.2, -0.15) is 13.2 Å². The predicted molar refractivity (Wildman–Crippen MR) is 107 cm³/mol. The molecule has 2 heterocycles. The summed E-state index contributed by atoms with van der Waals surface area (Å²) in [5.74, 6) is -3.95. The number of nitrogens with zero attached hydrogens (tertiary/aromatic N) is 2. The Kier molecular flexibility index (Phi) is 6.44. The maximum absolute atomic E-state index is 15.5. The van der Waals surface area contributed by atoms with Gasteiger partial charge < -0.3 is 25.1 Å².